The first kappa shape index (κ1) is 16.1. The monoisotopic (exact) mass is 371 g/mol. The zero-order valence-electron chi connectivity index (χ0n) is 14.8. The summed E-state index contributed by atoms with van der Waals surface area (Å²) in [4.78, 5) is 14.0. The third-order valence-electron chi connectivity index (χ3n) is 4.88. The van der Waals surface area contributed by atoms with Crippen molar-refractivity contribution >= 4 is 50.6 Å². The molecule has 5 aromatic rings. The molecular weight excluding hydrogens is 354 g/mol. The lowest BCUT2D eigenvalue weighted by Gasteiger charge is -2.01. The van der Waals surface area contributed by atoms with Crippen LogP contribution in [0.1, 0.15) is 22.2 Å². The Hall–Kier alpha value is -3.11. The van der Waals surface area contributed by atoms with Gasteiger partial charge in [-0.3, -0.25) is 0 Å². The van der Waals surface area contributed by atoms with E-state index in [2.05, 4.69) is 46.2 Å². The molecule has 27 heavy (non-hydrogen) atoms. The number of carbonyl (C=O) groups is 1. The molecule has 3 heterocycles. The van der Waals surface area contributed by atoms with Crippen LogP contribution in [0.4, 0.5) is 0 Å². The lowest BCUT2D eigenvalue weighted by molar-refractivity contribution is 0.0531. The first-order chi connectivity index (χ1) is 13.3. The van der Waals surface area contributed by atoms with Gasteiger partial charge in [-0.05, 0) is 30.5 Å². The van der Waals surface area contributed by atoms with E-state index in [1.165, 1.54) is 4.88 Å². The average Bonchev–Trinajstić information content (AvgIpc) is 3.38. The summed E-state index contributed by atoms with van der Waals surface area (Å²) in [5.74, 6) is -0.269. The summed E-state index contributed by atoms with van der Waals surface area (Å²) in [6, 6.07) is 20.5. The number of fused-ring (bicyclic) bond motifs is 5. The van der Waals surface area contributed by atoms with E-state index in [0.717, 1.165) is 32.5 Å². The van der Waals surface area contributed by atoms with Crippen molar-refractivity contribution in [2.75, 3.05) is 6.61 Å². The van der Waals surface area contributed by atoms with E-state index >= 15 is 0 Å². The molecule has 3 nitrogen and oxygen atoms in total. The first-order valence-corrected chi connectivity index (χ1v) is 9.83. The van der Waals surface area contributed by atoms with Gasteiger partial charge in [0.25, 0.3) is 0 Å². The van der Waals surface area contributed by atoms with Crippen LogP contribution in [0.25, 0.3) is 33.3 Å². The molecule has 0 aliphatic heterocycles. The number of benzene rings is 2. The molecule has 132 valence electrons. The molecule has 0 aliphatic rings. The van der Waals surface area contributed by atoms with E-state index in [0.29, 0.717) is 12.2 Å². The molecular formula is C23H17NO2S. The van der Waals surface area contributed by atoms with Gasteiger partial charge in [0, 0.05) is 21.0 Å². The number of hydrogen-bond donors (Lipinski definition) is 0. The van der Waals surface area contributed by atoms with Gasteiger partial charge >= 0.3 is 5.97 Å². The number of nitrogens with zero attached hydrogens (tertiary/aromatic N) is 1. The highest BCUT2D eigenvalue weighted by Gasteiger charge is 2.23. The maximum absolute atomic E-state index is 12.9. The number of carbonyl (C=O) groups excluding carboxylic acids is 1. The van der Waals surface area contributed by atoms with E-state index in [9.17, 15) is 4.79 Å². The Labute approximate surface area is 160 Å². The zero-order chi connectivity index (χ0) is 18.4. The number of hydrogen-bond acceptors (Lipinski definition) is 3. The molecule has 0 saturated heterocycles. The van der Waals surface area contributed by atoms with Gasteiger partial charge in [0.1, 0.15) is 0 Å². The van der Waals surface area contributed by atoms with Crippen molar-refractivity contribution in [2.45, 2.75) is 6.92 Å². The predicted octanol–water partition coefficient (Wildman–Crippen LogP) is 5.03. The zero-order valence-corrected chi connectivity index (χ0v) is 15.6. The van der Waals surface area contributed by atoms with E-state index in [1.54, 1.807) is 11.3 Å². The Bertz CT molecular complexity index is 1340. The molecule has 2 aromatic carbocycles. The molecule has 0 amide bonds. The molecule has 0 unspecified atom stereocenters. The molecule has 0 saturated carbocycles. The minimum atomic E-state index is -0.269. The lowest BCUT2D eigenvalue weighted by atomic mass is 10.1. The highest BCUT2D eigenvalue weighted by atomic mass is 32.1. The summed E-state index contributed by atoms with van der Waals surface area (Å²) in [6.45, 7) is 2.20. The SMILES string of the molecule is CCOC(=O)c1c2ccccc2n2/c(=C\c3cccs3)c3ccccc3c12. The Morgan fingerprint density at radius 2 is 1.74 bits per heavy atom. The highest BCUT2D eigenvalue weighted by molar-refractivity contribution is 7.10. The van der Waals surface area contributed by atoms with Crippen molar-refractivity contribution in [2.24, 2.45) is 0 Å². The van der Waals surface area contributed by atoms with Crippen molar-refractivity contribution in [3.8, 4) is 0 Å². The second-order valence-corrected chi connectivity index (χ2v) is 7.37. The van der Waals surface area contributed by atoms with Gasteiger partial charge < -0.3 is 9.14 Å². The van der Waals surface area contributed by atoms with E-state index in [1.807, 2.05) is 37.3 Å². The molecule has 5 rings (SSSR count). The van der Waals surface area contributed by atoms with Gasteiger partial charge in [-0.25, -0.2) is 4.79 Å². The van der Waals surface area contributed by atoms with Gasteiger partial charge in [0.15, 0.2) is 0 Å². The van der Waals surface area contributed by atoms with Crippen molar-refractivity contribution < 1.29 is 9.53 Å². The topological polar surface area (TPSA) is 30.7 Å². The van der Waals surface area contributed by atoms with Crippen LogP contribution in [-0.4, -0.2) is 17.0 Å². The number of para-hydroxylation sites is 1. The molecule has 0 spiro atoms. The fraction of sp³-hybridized carbons (Fsp3) is 0.0870. The van der Waals surface area contributed by atoms with Crippen molar-refractivity contribution in [1.29, 1.82) is 0 Å². The minimum absolute atomic E-state index is 0.269. The number of esters is 1. The predicted molar refractivity (Wildman–Crippen MR) is 111 cm³/mol. The van der Waals surface area contributed by atoms with Gasteiger partial charge in [0.05, 0.1) is 28.6 Å². The Morgan fingerprint density at radius 1 is 1.00 bits per heavy atom. The quantitative estimate of drug-likeness (QED) is 0.416. The van der Waals surface area contributed by atoms with Crippen LogP contribution in [0.3, 0.4) is 0 Å². The summed E-state index contributed by atoms with van der Waals surface area (Å²) < 4.78 is 7.61. The third-order valence-corrected chi connectivity index (χ3v) is 5.69. The summed E-state index contributed by atoms with van der Waals surface area (Å²) in [5.41, 5.74) is 2.59. The van der Waals surface area contributed by atoms with Crippen molar-refractivity contribution in [3.05, 3.63) is 81.8 Å². The Balaban J connectivity index is 2.04. The number of rotatable bonds is 3. The fourth-order valence-corrected chi connectivity index (χ4v) is 4.49. The van der Waals surface area contributed by atoms with Crippen LogP contribution in [0.15, 0.2) is 66.0 Å². The average molecular weight is 371 g/mol. The van der Waals surface area contributed by atoms with Crippen LogP contribution in [-0.2, 0) is 4.74 Å². The molecule has 0 N–H and O–H groups in total. The van der Waals surface area contributed by atoms with Gasteiger partial charge in [0.2, 0.25) is 0 Å². The molecule has 0 atom stereocenters. The summed E-state index contributed by atoms with van der Waals surface area (Å²) in [5, 5.41) is 6.30. The Morgan fingerprint density at radius 3 is 2.48 bits per heavy atom. The second-order valence-electron chi connectivity index (χ2n) is 6.39. The van der Waals surface area contributed by atoms with Crippen LogP contribution < -0.4 is 5.35 Å². The maximum atomic E-state index is 12.9. The summed E-state index contributed by atoms with van der Waals surface area (Å²) >= 11 is 1.70. The van der Waals surface area contributed by atoms with Crippen LogP contribution in [0.2, 0.25) is 0 Å². The maximum Gasteiger partial charge on any atom is 0.340 e. The molecule has 0 radical (unpaired) electrons. The van der Waals surface area contributed by atoms with Crippen LogP contribution >= 0.6 is 11.3 Å². The third kappa shape index (κ3) is 2.37. The number of aromatic nitrogens is 1. The highest BCUT2D eigenvalue weighted by Crippen LogP contribution is 2.32. The second kappa shape index (κ2) is 6.25. The molecule has 0 fully saturated rings. The lowest BCUT2D eigenvalue weighted by Crippen LogP contribution is -2.08. The number of ether oxygens (including phenoxy) is 1. The van der Waals surface area contributed by atoms with Crippen LogP contribution in [0, 0.1) is 0 Å². The number of thiophene rings is 1. The summed E-state index contributed by atoms with van der Waals surface area (Å²) in [7, 11) is 0. The Kier molecular flexibility index (Phi) is 3.73. The van der Waals surface area contributed by atoms with E-state index in [-0.39, 0.29) is 5.97 Å². The van der Waals surface area contributed by atoms with Gasteiger partial charge in [-0.15, -0.1) is 11.3 Å². The van der Waals surface area contributed by atoms with Gasteiger partial charge in [-0.1, -0.05) is 48.5 Å². The normalized spacial score (nSPS) is 12.4. The summed E-state index contributed by atoms with van der Waals surface area (Å²) in [6.07, 6.45) is 2.20. The standard InChI is InChI=1S/C23H17NO2S/c1-2-26-23(25)21-18-11-5-6-12-19(18)24-20(14-15-8-7-13-27-15)16-9-3-4-10-17(16)22(21)24/h3-14H,2H2,1H3/b20-14-. The molecule has 0 bridgehead atoms. The minimum Gasteiger partial charge on any atom is -0.462 e. The van der Waals surface area contributed by atoms with Crippen molar-refractivity contribution in [3.63, 3.8) is 0 Å². The fourth-order valence-electron chi connectivity index (χ4n) is 3.84. The van der Waals surface area contributed by atoms with Gasteiger partial charge in [-0.2, -0.15) is 0 Å². The molecule has 0 aliphatic carbocycles. The molecule has 3 aromatic heterocycles. The van der Waals surface area contributed by atoms with Crippen molar-refractivity contribution in [1.82, 2.24) is 4.40 Å². The largest absolute Gasteiger partial charge is 0.462 e. The van der Waals surface area contributed by atoms with Crippen LogP contribution in [0.5, 0.6) is 0 Å². The van der Waals surface area contributed by atoms with E-state index < -0.39 is 0 Å². The first-order valence-electron chi connectivity index (χ1n) is 8.95. The smallest absolute Gasteiger partial charge is 0.340 e. The van der Waals surface area contributed by atoms with E-state index in [4.69, 9.17) is 4.74 Å². The molecule has 4 heteroatoms.